The molecule has 2 N–H and O–H groups in total. The average molecular weight is 485 g/mol. The van der Waals surface area contributed by atoms with Crippen LogP contribution in [0.1, 0.15) is 22.8 Å². The number of alkyl halides is 3. The van der Waals surface area contributed by atoms with Gasteiger partial charge in [-0.05, 0) is 36.4 Å². The van der Waals surface area contributed by atoms with Gasteiger partial charge < -0.3 is 15.1 Å². The number of piperazine rings is 1. The molecule has 0 unspecified atom stereocenters. The number of nitrogens with one attached hydrogen (secondary N) is 2. The van der Waals surface area contributed by atoms with Crippen LogP contribution in [-0.2, 0) is 21.0 Å². The van der Waals surface area contributed by atoms with Crippen LogP contribution in [0.25, 0.3) is 0 Å². The molecule has 0 bridgehead atoms. The van der Waals surface area contributed by atoms with E-state index in [4.69, 9.17) is 0 Å². The molecular formula is C21H23F3N4O4S. The Hall–Kier alpha value is -3.28. The van der Waals surface area contributed by atoms with E-state index in [0.29, 0.717) is 24.5 Å². The summed E-state index contributed by atoms with van der Waals surface area (Å²) < 4.78 is 64.8. The molecule has 1 heterocycles. The Kier molecular flexibility index (Phi) is 6.86. The lowest BCUT2D eigenvalue weighted by Crippen LogP contribution is -2.49. The minimum atomic E-state index is -4.45. The third kappa shape index (κ3) is 6.37. The molecule has 178 valence electrons. The van der Waals surface area contributed by atoms with Gasteiger partial charge in [-0.1, -0.05) is 6.07 Å². The van der Waals surface area contributed by atoms with Crippen LogP contribution in [-0.4, -0.2) is 57.6 Å². The lowest BCUT2D eigenvalue weighted by atomic mass is 10.1. The maximum atomic E-state index is 13.2. The first-order valence-electron chi connectivity index (χ1n) is 9.94. The van der Waals surface area contributed by atoms with Crippen molar-refractivity contribution in [3.8, 4) is 0 Å². The standard InChI is InChI=1S/C21H23F3N4O4S/c1-14(29)25-16-6-7-19(26-33(2,31)32)18(13-16)20(30)28-10-8-27(9-11-28)17-5-3-4-15(12-17)21(22,23)24/h3-7,12-13,26H,8-11H2,1-2H3,(H,25,29). The molecular weight excluding hydrogens is 461 g/mol. The number of amides is 2. The van der Waals surface area contributed by atoms with Gasteiger partial charge in [-0.2, -0.15) is 13.2 Å². The number of sulfonamides is 1. The van der Waals surface area contributed by atoms with E-state index < -0.39 is 27.7 Å². The highest BCUT2D eigenvalue weighted by Gasteiger charge is 2.31. The molecule has 1 aliphatic heterocycles. The zero-order chi connectivity index (χ0) is 24.4. The van der Waals surface area contributed by atoms with Crippen molar-refractivity contribution >= 4 is 38.9 Å². The van der Waals surface area contributed by atoms with Gasteiger partial charge in [0.2, 0.25) is 15.9 Å². The maximum absolute atomic E-state index is 13.2. The second kappa shape index (κ2) is 9.30. The quantitative estimate of drug-likeness (QED) is 0.680. The van der Waals surface area contributed by atoms with E-state index in [1.165, 1.54) is 36.1 Å². The number of hydrogen-bond donors (Lipinski definition) is 2. The smallest absolute Gasteiger partial charge is 0.368 e. The monoisotopic (exact) mass is 484 g/mol. The van der Waals surface area contributed by atoms with E-state index in [1.54, 1.807) is 11.0 Å². The second-order valence-corrected chi connectivity index (χ2v) is 9.39. The molecule has 3 rings (SSSR count). The molecule has 0 aromatic heterocycles. The molecule has 0 saturated carbocycles. The molecule has 2 aromatic rings. The Morgan fingerprint density at radius 3 is 2.24 bits per heavy atom. The lowest BCUT2D eigenvalue weighted by molar-refractivity contribution is -0.137. The van der Waals surface area contributed by atoms with Gasteiger partial charge in [-0.3, -0.25) is 14.3 Å². The number of halogens is 3. The third-order valence-corrected chi connectivity index (χ3v) is 5.56. The lowest BCUT2D eigenvalue weighted by Gasteiger charge is -2.36. The average Bonchev–Trinajstić information content (AvgIpc) is 2.72. The van der Waals surface area contributed by atoms with Crippen molar-refractivity contribution in [1.29, 1.82) is 0 Å². The minimum Gasteiger partial charge on any atom is -0.368 e. The topological polar surface area (TPSA) is 98.8 Å². The Labute approximate surface area is 189 Å². The van der Waals surface area contributed by atoms with E-state index in [1.807, 2.05) is 0 Å². The van der Waals surface area contributed by atoms with E-state index >= 15 is 0 Å². The molecule has 12 heteroatoms. The number of anilines is 3. The second-order valence-electron chi connectivity index (χ2n) is 7.64. The molecule has 0 radical (unpaired) electrons. The summed E-state index contributed by atoms with van der Waals surface area (Å²) in [6.45, 7) is 2.34. The van der Waals surface area contributed by atoms with Crippen molar-refractivity contribution in [3.05, 3.63) is 53.6 Å². The number of carbonyl (C=O) groups is 2. The van der Waals surface area contributed by atoms with Crippen molar-refractivity contribution in [2.24, 2.45) is 0 Å². The summed E-state index contributed by atoms with van der Waals surface area (Å²) >= 11 is 0. The number of rotatable bonds is 5. The molecule has 0 spiro atoms. The van der Waals surface area contributed by atoms with E-state index in [0.717, 1.165) is 18.4 Å². The normalized spacial score (nSPS) is 14.7. The number of nitrogens with zero attached hydrogens (tertiary/aromatic N) is 2. The van der Waals surface area contributed by atoms with Gasteiger partial charge in [-0.25, -0.2) is 8.42 Å². The Balaban J connectivity index is 1.79. The zero-order valence-electron chi connectivity index (χ0n) is 17.9. The van der Waals surface area contributed by atoms with Crippen LogP contribution in [0.5, 0.6) is 0 Å². The molecule has 1 fully saturated rings. The van der Waals surface area contributed by atoms with Crippen LogP contribution in [0.15, 0.2) is 42.5 Å². The predicted octanol–water partition coefficient (Wildman–Crippen LogP) is 3.00. The van der Waals surface area contributed by atoms with Gasteiger partial charge in [-0.15, -0.1) is 0 Å². The fraction of sp³-hybridized carbons (Fsp3) is 0.333. The van der Waals surface area contributed by atoms with Gasteiger partial charge in [0.05, 0.1) is 23.1 Å². The maximum Gasteiger partial charge on any atom is 0.416 e. The largest absolute Gasteiger partial charge is 0.416 e. The molecule has 8 nitrogen and oxygen atoms in total. The van der Waals surface area contributed by atoms with Crippen molar-refractivity contribution < 1.29 is 31.2 Å². The molecule has 2 amide bonds. The van der Waals surface area contributed by atoms with E-state index in [-0.39, 0.29) is 30.2 Å². The Morgan fingerprint density at radius 2 is 1.67 bits per heavy atom. The summed E-state index contributed by atoms with van der Waals surface area (Å²) in [4.78, 5) is 27.8. The van der Waals surface area contributed by atoms with Gasteiger partial charge in [0.25, 0.3) is 5.91 Å². The Bertz CT molecular complexity index is 1160. The third-order valence-electron chi connectivity index (χ3n) is 4.97. The van der Waals surface area contributed by atoms with E-state index in [9.17, 15) is 31.2 Å². The van der Waals surface area contributed by atoms with Crippen LogP contribution in [0.4, 0.5) is 30.2 Å². The number of carbonyl (C=O) groups excluding carboxylic acids is 2. The number of hydrogen-bond acceptors (Lipinski definition) is 5. The predicted molar refractivity (Wildman–Crippen MR) is 119 cm³/mol. The molecule has 2 aromatic carbocycles. The molecule has 1 saturated heterocycles. The Morgan fingerprint density at radius 1 is 1.00 bits per heavy atom. The van der Waals surface area contributed by atoms with Crippen molar-refractivity contribution in [1.82, 2.24) is 4.90 Å². The fourth-order valence-electron chi connectivity index (χ4n) is 3.51. The van der Waals surface area contributed by atoms with Gasteiger partial charge >= 0.3 is 6.18 Å². The molecule has 1 aliphatic rings. The van der Waals surface area contributed by atoms with Crippen molar-refractivity contribution in [3.63, 3.8) is 0 Å². The van der Waals surface area contributed by atoms with Crippen LogP contribution in [0.3, 0.4) is 0 Å². The van der Waals surface area contributed by atoms with Gasteiger partial charge in [0, 0.05) is 44.5 Å². The van der Waals surface area contributed by atoms with Gasteiger partial charge in [0.15, 0.2) is 0 Å². The minimum absolute atomic E-state index is 0.0548. The van der Waals surface area contributed by atoms with E-state index in [2.05, 4.69) is 10.0 Å². The molecule has 0 atom stereocenters. The molecule has 33 heavy (non-hydrogen) atoms. The molecule has 0 aliphatic carbocycles. The summed E-state index contributed by atoms with van der Waals surface area (Å²) in [5, 5.41) is 2.55. The summed E-state index contributed by atoms with van der Waals surface area (Å²) in [7, 11) is -3.67. The fourth-order valence-corrected chi connectivity index (χ4v) is 4.09. The highest BCUT2D eigenvalue weighted by Crippen LogP contribution is 2.32. The van der Waals surface area contributed by atoms with Crippen LogP contribution < -0.4 is 14.9 Å². The highest BCUT2D eigenvalue weighted by atomic mass is 32.2. The van der Waals surface area contributed by atoms with Gasteiger partial charge in [0.1, 0.15) is 0 Å². The number of benzene rings is 2. The van der Waals surface area contributed by atoms with Crippen molar-refractivity contribution in [2.45, 2.75) is 13.1 Å². The summed E-state index contributed by atoms with van der Waals surface area (Å²) in [5.74, 6) is -0.816. The van der Waals surface area contributed by atoms with Crippen LogP contribution >= 0.6 is 0 Å². The van der Waals surface area contributed by atoms with Crippen LogP contribution in [0.2, 0.25) is 0 Å². The summed E-state index contributed by atoms with van der Waals surface area (Å²) in [6, 6.07) is 9.24. The highest BCUT2D eigenvalue weighted by molar-refractivity contribution is 7.92. The summed E-state index contributed by atoms with van der Waals surface area (Å²) in [6.07, 6.45) is -3.49. The summed E-state index contributed by atoms with van der Waals surface area (Å²) in [5.41, 5.74) is 0.109. The first kappa shape index (κ1) is 24.4. The van der Waals surface area contributed by atoms with Crippen molar-refractivity contribution in [2.75, 3.05) is 47.4 Å². The first-order chi connectivity index (χ1) is 15.3. The first-order valence-corrected chi connectivity index (χ1v) is 11.8. The zero-order valence-corrected chi connectivity index (χ0v) is 18.8. The van der Waals surface area contributed by atoms with Crippen LogP contribution in [0, 0.1) is 0 Å². The SMILES string of the molecule is CC(=O)Nc1ccc(NS(C)(=O)=O)c(C(=O)N2CCN(c3cccc(C(F)(F)F)c3)CC2)c1.